The van der Waals surface area contributed by atoms with Gasteiger partial charge in [0.05, 0.1) is 32.1 Å². The fraction of sp³-hybridized carbons (Fsp3) is 0.364. The van der Waals surface area contributed by atoms with Crippen molar-refractivity contribution in [2.45, 2.75) is 31.8 Å². The minimum atomic E-state index is -0.422. The first-order valence-electron chi connectivity index (χ1n) is 10.5. The van der Waals surface area contributed by atoms with E-state index in [1.807, 2.05) is 18.2 Å². The quantitative estimate of drug-likeness (QED) is 0.581. The first-order chi connectivity index (χ1) is 15.5. The van der Waals surface area contributed by atoms with Gasteiger partial charge in [0, 0.05) is 24.0 Å². The SMILES string of the molecule is COC(=O)N1Cc2cc(Cl)ccc2-n2c(nnc2C2CCN(c3ccc(F)cn3)CC2)C1. The Morgan fingerprint density at radius 3 is 2.69 bits per heavy atom. The van der Waals surface area contributed by atoms with E-state index in [1.165, 1.54) is 19.4 Å². The molecule has 0 unspecified atom stereocenters. The summed E-state index contributed by atoms with van der Waals surface area (Å²) in [5.74, 6) is 2.20. The molecule has 4 heterocycles. The van der Waals surface area contributed by atoms with Gasteiger partial charge in [-0.25, -0.2) is 14.2 Å². The number of fused-ring (bicyclic) bond motifs is 3. The van der Waals surface area contributed by atoms with Gasteiger partial charge in [-0.1, -0.05) is 11.6 Å². The highest BCUT2D eigenvalue weighted by molar-refractivity contribution is 6.30. The van der Waals surface area contributed by atoms with Crippen molar-refractivity contribution in [3.8, 4) is 5.69 Å². The number of benzene rings is 1. The van der Waals surface area contributed by atoms with Gasteiger partial charge in [-0.15, -0.1) is 10.2 Å². The molecular weight excluding hydrogens is 435 g/mol. The predicted octanol–water partition coefficient (Wildman–Crippen LogP) is 3.92. The maximum Gasteiger partial charge on any atom is 0.410 e. The highest BCUT2D eigenvalue weighted by atomic mass is 35.5. The number of aromatic nitrogens is 4. The van der Waals surface area contributed by atoms with Crippen molar-refractivity contribution in [2.75, 3.05) is 25.1 Å². The fourth-order valence-corrected chi connectivity index (χ4v) is 4.67. The zero-order chi connectivity index (χ0) is 22.2. The number of hydrogen-bond donors (Lipinski definition) is 0. The lowest BCUT2D eigenvalue weighted by Gasteiger charge is -2.32. The molecular formula is C22H22ClFN6O2. The third kappa shape index (κ3) is 3.77. The second kappa shape index (κ2) is 8.38. The summed E-state index contributed by atoms with van der Waals surface area (Å²) in [5.41, 5.74) is 1.84. The van der Waals surface area contributed by atoms with E-state index in [-0.39, 0.29) is 11.7 Å². The second-order valence-electron chi connectivity index (χ2n) is 8.00. The van der Waals surface area contributed by atoms with E-state index in [1.54, 1.807) is 11.0 Å². The largest absolute Gasteiger partial charge is 0.453 e. The number of amides is 1. The summed E-state index contributed by atoms with van der Waals surface area (Å²) in [6, 6.07) is 8.80. The molecule has 0 atom stereocenters. The highest BCUT2D eigenvalue weighted by Gasteiger charge is 2.31. The van der Waals surface area contributed by atoms with E-state index in [2.05, 4.69) is 24.6 Å². The van der Waals surface area contributed by atoms with Gasteiger partial charge >= 0.3 is 6.09 Å². The van der Waals surface area contributed by atoms with Gasteiger partial charge in [0.25, 0.3) is 0 Å². The molecule has 1 amide bonds. The monoisotopic (exact) mass is 456 g/mol. The topological polar surface area (TPSA) is 76.4 Å². The van der Waals surface area contributed by atoms with Crippen molar-refractivity contribution in [1.29, 1.82) is 0 Å². The molecule has 0 bridgehead atoms. The maximum absolute atomic E-state index is 13.2. The van der Waals surface area contributed by atoms with Crippen LogP contribution >= 0.6 is 11.6 Å². The minimum absolute atomic E-state index is 0.196. The van der Waals surface area contributed by atoms with E-state index < -0.39 is 6.09 Å². The number of pyridine rings is 1. The summed E-state index contributed by atoms with van der Waals surface area (Å²) < 4.78 is 20.2. The van der Waals surface area contributed by atoms with Crippen LogP contribution in [0.3, 0.4) is 0 Å². The Bertz CT molecular complexity index is 1140. The standard InChI is InChI=1S/C22H22ClFN6O2/c1-32-22(31)29-12-15-10-16(23)2-4-18(15)30-20(13-29)26-27-21(30)14-6-8-28(9-7-14)19-5-3-17(24)11-25-19/h2-5,10-11,14H,6-9,12-13H2,1H3. The van der Waals surface area contributed by atoms with Crippen molar-refractivity contribution in [3.63, 3.8) is 0 Å². The molecule has 0 aliphatic carbocycles. The molecule has 1 fully saturated rings. The molecule has 166 valence electrons. The number of carbonyl (C=O) groups excluding carboxylic acids is 1. The van der Waals surface area contributed by atoms with Crippen LogP contribution in [0.5, 0.6) is 0 Å². The van der Waals surface area contributed by atoms with E-state index in [4.69, 9.17) is 16.3 Å². The van der Waals surface area contributed by atoms with E-state index >= 15 is 0 Å². The van der Waals surface area contributed by atoms with Gasteiger partial charge in [0.1, 0.15) is 17.5 Å². The Labute approximate surface area is 189 Å². The Kier molecular flexibility index (Phi) is 5.42. The summed E-state index contributed by atoms with van der Waals surface area (Å²) in [6.45, 7) is 2.24. The Morgan fingerprint density at radius 2 is 1.97 bits per heavy atom. The molecule has 0 saturated carbocycles. The Hall–Kier alpha value is -3.20. The Morgan fingerprint density at radius 1 is 1.16 bits per heavy atom. The third-order valence-corrected chi connectivity index (χ3v) is 6.29. The van der Waals surface area contributed by atoms with E-state index in [9.17, 15) is 9.18 Å². The van der Waals surface area contributed by atoms with Crippen LogP contribution in [0.1, 0.15) is 36.0 Å². The number of hydrogen-bond acceptors (Lipinski definition) is 6. The minimum Gasteiger partial charge on any atom is -0.453 e. The number of methoxy groups -OCH3 is 1. The van der Waals surface area contributed by atoms with Gasteiger partial charge in [0.15, 0.2) is 5.82 Å². The zero-order valence-electron chi connectivity index (χ0n) is 17.5. The lowest BCUT2D eigenvalue weighted by atomic mass is 9.95. The number of halogens is 2. The first-order valence-corrected chi connectivity index (χ1v) is 10.8. The first kappa shape index (κ1) is 20.7. The average Bonchev–Trinajstić information content (AvgIpc) is 3.15. The Balaban J connectivity index is 1.45. The molecule has 8 nitrogen and oxygen atoms in total. The lowest BCUT2D eigenvalue weighted by molar-refractivity contribution is 0.117. The van der Waals surface area contributed by atoms with Crippen molar-refractivity contribution < 1.29 is 13.9 Å². The smallest absolute Gasteiger partial charge is 0.410 e. The van der Waals surface area contributed by atoms with Crippen molar-refractivity contribution in [3.05, 3.63) is 64.6 Å². The molecule has 0 spiro atoms. The van der Waals surface area contributed by atoms with E-state index in [0.717, 1.165) is 48.8 Å². The predicted molar refractivity (Wildman–Crippen MR) is 116 cm³/mol. The van der Waals surface area contributed by atoms with Crippen LogP contribution in [0.2, 0.25) is 5.02 Å². The van der Waals surface area contributed by atoms with Crippen LogP contribution in [0.15, 0.2) is 36.5 Å². The number of ether oxygens (including phenoxy) is 1. The molecule has 3 aromatic rings. The molecule has 0 N–H and O–H groups in total. The molecule has 32 heavy (non-hydrogen) atoms. The summed E-state index contributed by atoms with van der Waals surface area (Å²) >= 11 is 6.25. The molecule has 2 aliphatic heterocycles. The van der Waals surface area contributed by atoms with Gasteiger partial charge in [-0.05, 0) is 48.7 Å². The van der Waals surface area contributed by atoms with Gasteiger partial charge in [-0.3, -0.25) is 9.47 Å². The fourth-order valence-electron chi connectivity index (χ4n) is 4.47. The second-order valence-corrected chi connectivity index (χ2v) is 8.44. The highest BCUT2D eigenvalue weighted by Crippen LogP contribution is 2.34. The zero-order valence-corrected chi connectivity index (χ0v) is 18.3. The molecule has 5 rings (SSSR count). The van der Waals surface area contributed by atoms with Crippen LogP contribution in [-0.4, -0.2) is 50.9 Å². The lowest BCUT2D eigenvalue weighted by Crippen LogP contribution is -2.34. The van der Waals surface area contributed by atoms with Gasteiger partial charge in [0.2, 0.25) is 0 Å². The van der Waals surface area contributed by atoms with Gasteiger partial charge in [-0.2, -0.15) is 0 Å². The molecule has 1 aromatic carbocycles. The number of piperidine rings is 1. The van der Waals surface area contributed by atoms with Crippen LogP contribution in [0.25, 0.3) is 5.69 Å². The molecule has 10 heteroatoms. The van der Waals surface area contributed by atoms with Crippen molar-refractivity contribution in [1.82, 2.24) is 24.6 Å². The van der Waals surface area contributed by atoms with Crippen LogP contribution in [-0.2, 0) is 17.8 Å². The third-order valence-electron chi connectivity index (χ3n) is 6.06. The molecule has 2 aromatic heterocycles. The maximum atomic E-state index is 13.2. The van der Waals surface area contributed by atoms with Crippen LogP contribution in [0.4, 0.5) is 15.0 Å². The number of carbonyl (C=O) groups is 1. The summed E-state index contributed by atoms with van der Waals surface area (Å²) in [7, 11) is 1.37. The summed E-state index contributed by atoms with van der Waals surface area (Å²) in [4.78, 5) is 20.2. The number of nitrogens with zero attached hydrogens (tertiary/aromatic N) is 6. The summed E-state index contributed by atoms with van der Waals surface area (Å²) in [5, 5.41) is 9.56. The molecule has 1 saturated heterocycles. The summed E-state index contributed by atoms with van der Waals surface area (Å²) in [6.07, 6.45) is 2.55. The molecule has 2 aliphatic rings. The van der Waals surface area contributed by atoms with Crippen molar-refractivity contribution >= 4 is 23.5 Å². The number of rotatable bonds is 2. The number of anilines is 1. The van der Waals surface area contributed by atoms with Crippen LogP contribution < -0.4 is 4.90 Å². The van der Waals surface area contributed by atoms with Gasteiger partial charge < -0.3 is 9.64 Å². The van der Waals surface area contributed by atoms with Crippen molar-refractivity contribution in [2.24, 2.45) is 0 Å². The van der Waals surface area contributed by atoms with Crippen LogP contribution in [0, 0.1) is 5.82 Å². The normalized spacial score (nSPS) is 16.3. The van der Waals surface area contributed by atoms with E-state index in [0.29, 0.717) is 23.9 Å². The molecule has 0 radical (unpaired) electrons. The average molecular weight is 457 g/mol.